The summed E-state index contributed by atoms with van der Waals surface area (Å²) in [6.45, 7) is 1.99. The van der Waals surface area contributed by atoms with Crippen molar-refractivity contribution in [2.45, 2.75) is 6.42 Å². The SMILES string of the molecule is Cl.ClCCNCCCSCCCl. The first-order valence-electron chi connectivity index (χ1n) is 3.82. The molecule has 1 nitrogen and oxygen atoms in total. The lowest BCUT2D eigenvalue weighted by Gasteiger charge is -2.00. The summed E-state index contributed by atoms with van der Waals surface area (Å²) < 4.78 is 0. The van der Waals surface area contributed by atoms with Crippen molar-refractivity contribution in [2.24, 2.45) is 0 Å². The molecule has 0 aromatic carbocycles. The van der Waals surface area contributed by atoms with Crippen molar-refractivity contribution in [1.29, 1.82) is 0 Å². The van der Waals surface area contributed by atoms with E-state index in [9.17, 15) is 0 Å². The second kappa shape index (κ2) is 14.7. The highest BCUT2D eigenvalue weighted by molar-refractivity contribution is 7.99. The van der Waals surface area contributed by atoms with Crippen molar-refractivity contribution in [3.8, 4) is 0 Å². The Hall–Kier alpha value is 1.18. The molecule has 0 saturated heterocycles. The number of rotatable bonds is 8. The zero-order chi connectivity index (χ0) is 8.36. The number of hydrogen-bond acceptors (Lipinski definition) is 2. The van der Waals surface area contributed by atoms with E-state index < -0.39 is 0 Å². The van der Waals surface area contributed by atoms with E-state index in [1.165, 1.54) is 12.2 Å². The van der Waals surface area contributed by atoms with Gasteiger partial charge in [-0.15, -0.1) is 35.6 Å². The molecule has 0 aliphatic carbocycles. The fourth-order valence-corrected chi connectivity index (χ4v) is 1.77. The minimum absolute atomic E-state index is 0. The average molecular weight is 253 g/mol. The van der Waals surface area contributed by atoms with E-state index in [0.29, 0.717) is 5.88 Å². The first-order chi connectivity index (χ1) is 5.41. The molecule has 0 fully saturated rings. The molecule has 0 radical (unpaired) electrons. The molecule has 0 saturated carbocycles. The molecule has 0 aliphatic heterocycles. The Morgan fingerprint density at radius 1 is 1.00 bits per heavy atom. The molecule has 0 aromatic rings. The van der Waals surface area contributed by atoms with Crippen molar-refractivity contribution in [3.63, 3.8) is 0 Å². The molecule has 12 heavy (non-hydrogen) atoms. The molecule has 76 valence electrons. The van der Waals surface area contributed by atoms with Gasteiger partial charge in [0, 0.05) is 24.1 Å². The van der Waals surface area contributed by atoms with Crippen LogP contribution >= 0.6 is 47.4 Å². The van der Waals surface area contributed by atoms with Crippen LogP contribution in [0, 0.1) is 0 Å². The Morgan fingerprint density at radius 2 is 1.75 bits per heavy atom. The van der Waals surface area contributed by atoms with Crippen LogP contribution in [0.15, 0.2) is 0 Å². The van der Waals surface area contributed by atoms with Gasteiger partial charge in [0.05, 0.1) is 0 Å². The van der Waals surface area contributed by atoms with Crippen LogP contribution in [0.3, 0.4) is 0 Å². The maximum absolute atomic E-state index is 5.51. The molecule has 0 aliphatic rings. The monoisotopic (exact) mass is 251 g/mol. The number of alkyl halides is 2. The summed E-state index contributed by atoms with van der Waals surface area (Å²) in [5.41, 5.74) is 0. The summed E-state index contributed by atoms with van der Waals surface area (Å²) >= 11 is 12.9. The van der Waals surface area contributed by atoms with Crippen LogP contribution in [0.2, 0.25) is 0 Å². The van der Waals surface area contributed by atoms with Crippen LogP contribution < -0.4 is 5.32 Å². The van der Waals surface area contributed by atoms with E-state index in [0.717, 1.165) is 24.7 Å². The fraction of sp³-hybridized carbons (Fsp3) is 1.00. The van der Waals surface area contributed by atoms with Crippen LogP contribution in [-0.4, -0.2) is 36.4 Å². The molecule has 0 heterocycles. The van der Waals surface area contributed by atoms with Crippen LogP contribution in [0.5, 0.6) is 0 Å². The van der Waals surface area contributed by atoms with Gasteiger partial charge in [0.1, 0.15) is 0 Å². The van der Waals surface area contributed by atoms with Crippen molar-refractivity contribution in [2.75, 3.05) is 36.4 Å². The van der Waals surface area contributed by atoms with Gasteiger partial charge in [0.25, 0.3) is 0 Å². The highest BCUT2D eigenvalue weighted by atomic mass is 35.5. The molecule has 0 aromatic heterocycles. The third kappa shape index (κ3) is 13.7. The predicted octanol–water partition coefficient (Wildman–Crippen LogP) is 2.60. The Morgan fingerprint density at radius 3 is 2.33 bits per heavy atom. The maximum atomic E-state index is 5.51. The highest BCUT2D eigenvalue weighted by Gasteiger charge is 1.88. The quantitative estimate of drug-likeness (QED) is 0.526. The smallest absolute Gasteiger partial charge is 0.0348 e. The summed E-state index contributed by atoms with van der Waals surface area (Å²) in [6.07, 6.45) is 1.21. The van der Waals surface area contributed by atoms with Crippen LogP contribution in [0.4, 0.5) is 0 Å². The van der Waals surface area contributed by atoms with E-state index in [4.69, 9.17) is 23.2 Å². The largest absolute Gasteiger partial charge is 0.316 e. The summed E-state index contributed by atoms with van der Waals surface area (Å²) in [6, 6.07) is 0. The van der Waals surface area contributed by atoms with Crippen molar-refractivity contribution in [1.82, 2.24) is 5.32 Å². The average Bonchev–Trinajstić information content (AvgIpc) is 2.03. The van der Waals surface area contributed by atoms with E-state index in [-0.39, 0.29) is 12.4 Å². The van der Waals surface area contributed by atoms with Crippen molar-refractivity contribution in [3.05, 3.63) is 0 Å². The molecule has 5 heteroatoms. The van der Waals surface area contributed by atoms with Crippen LogP contribution in [-0.2, 0) is 0 Å². The van der Waals surface area contributed by atoms with E-state index in [2.05, 4.69) is 5.32 Å². The standard InChI is InChI=1S/C7H15Cl2NS.ClH/c8-2-5-10-4-1-6-11-7-3-9;/h10H,1-7H2;1H. The minimum atomic E-state index is 0. The lowest BCUT2D eigenvalue weighted by atomic mass is 10.5. The van der Waals surface area contributed by atoms with Gasteiger partial charge in [-0.05, 0) is 18.7 Å². The Labute approximate surface area is 95.4 Å². The topological polar surface area (TPSA) is 12.0 Å². The van der Waals surface area contributed by atoms with Crippen molar-refractivity contribution < 1.29 is 0 Å². The number of nitrogens with one attached hydrogen (secondary N) is 1. The van der Waals surface area contributed by atoms with Gasteiger partial charge < -0.3 is 5.32 Å². The van der Waals surface area contributed by atoms with E-state index >= 15 is 0 Å². The molecule has 0 spiro atoms. The lowest BCUT2D eigenvalue weighted by molar-refractivity contribution is 0.710. The van der Waals surface area contributed by atoms with Gasteiger partial charge in [-0.1, -0.05) is 0 Å². The van der Waals surface area contributed by atoms with Gasteiger partial charge in [0.2, 0.25) is 0 Å². The van der Waals surface area contributed by atoms with Gasteiger partial charge in [0.15, 0.2) is 0 Å². The second-order valence-corrected chi connectivity index (χ2v) is 4.07. The van der Waals surface area contributed by atoms with Gasteiger partial charge in [-0.25, -0.2) is 0 Å². The first-order valence-corrected chi connectivity index (χ1v) is 6.04. The molecule has 1 N–H and O–H groups in total. The highest BCUT2D eigenvalue weighted by Crippen LogP contribution is 2.01. The molecule has 0 bridgehead atoms. The van der Waals surface area contributed by atoms with Gasteiger partial charge in [-0.2, -0.15) is 11.8 Å². The number of halogens is 3. The molecule has 0 unspecified atom stereocenters. The van der Waals surface area contributed by atoms with E-state index in [1.807, 2.05) is 11.8 Å². The zero-order valence-electron chi connectivity index (χ0n) is 7.02. The third-order valence-corrected chi connectivity index (χ3v) is 2.81. The minimum Gasteiger partial charge on any atom is -0.316 e. The van der Waals surface area contributed by atoms with Gasteiger partial charge in [-0.3, -0.25) is 0 Å². The number of thioether (sulfide) groups is 1. The Kier molecular flexibility index (Phi) is 19.2. The second-order valence-electron chi connectivity index (χ2n) is 2.09. The first kappa shape index (κ1) is 15.6. The van der Waals surface area contributed by atoms with Crippen molar-refractivity contribution >= 4 is 47.4 Å². The third-order valence-electron chi connectivity index (χ3n) is 1.13. The molecular formula is C7H16Cl3NS. The summed E-state index contributed by atoms with van der Waals surface area (Å²) in [7, 11) is 0. The zero-order valence-corrected chi connectivity index (χ0v) is 10.2. The molecule has 0 amide bonds. The normalized spacial score (nSPS) is 9.50. The molecular weight excluding hydrogens is 237 g/mol. The van der Waals surface area contributed by atoms with E-state index in [1.54, 1.807) is 0 Å². The lowest BCUT2D eigenvalue weighted by Crippen LogP contribution is -2.18. The summed E-state index contributed by atoms with van der Waals surface area (Å²) in [5.74, 6) is 3.73. The van der Waals surface area contributed by atoms with Gasteiger partial charge >= 0.3 is 0 Å². The molecule has 0 rings (SSSR count). The molecule has 0 atom stereocenters. The fourth-order valence-electron chi connectivity index (χ4n) is 0.648. The summed E-state index contributed by atoms with van der Waals surface area (Å²) in [4.78, 5) is 0. The number of hydrogen-bond donors (Lipinski definition) is 1. The van der Waals surface area contributed by atoms with Crippen LogP contribution in [0.25, 0.3) is 0 Å². The van der Waals surface area contributed by atoms with Crippen LogP contribution in [0.1, 0.15) is 6.42 Å². The predicted molar refractivity (Wildman–Crippen MR) is 63.5 cm³/mol. The Bertz CT molecular complexity index is 67.7. The Balaban J connectivity index is 0. The summed E-state index contributed by atoms with van der Waals surface area (Å²) in [5, 5.41) is 3.23. The maximum Gasteiger partial charge on any atom is 0.0348 e.